The molecule has 94 valence electrons. The van der Waals surface area contributed by atoms with Gasteiger partial charge >= 0.3 is 0 Å². The number of benzene rings is 1. The van der Waals surface area contributed by atoms with Crippen LogP contribution in [0.4, 0.5) is 0 Å². The molecule has 0 saturated heterocycles. The van der Waals surface area contributed by atoms with Gasteiger partial charge in [-0.2, -0.15) is 5.26 Å². The molecule has 1 aromatic rings. The number of hydrogen-bond acceptors (Lipinski definition) is 2. The molecule has 0 aliphatic carbocycles. The third-order valence-electron chi connectivity index (χ3n) is 2.14. The zero-order valence-electron chi connectivity index (χ0n) is 9.38. The monoisotopic (exact) mass is 292 g/mol. The first-order valence-corrected chi connectivity index (χ1v) is 6.00. The summed E-state index contributed by atoms with van der Waals surface area (Å²) < 4.78 is 0. The average Bonchev–Trinajstić information content (AvgIpc) is 2.22. The number of nitriles is 1. The highest BCUT2D eigenvalue weighted by atomic mass is 35.5. The Bertz CT molecular complexity index is 354. The van der Waals surface area contributed by atoms with E-state index in [1.165, 1.54) is 0 Å². The molecule has 0 heterocycles. The molecule has 0 fully saturated rings. The van der Waals surface area contributed by atoms with Crippen LogP contribution in [0.5, 0.6) is 0 Å². The van der Waals surface area contributed by atoms with Crippen LogP contribution < -0.4 is 5.32 Å². The van der Waals surface area contributed by atoms with E-state index in [1.807, 2.05) is 12.1 Å². The summed E-state index contributed by atoms with van der Waals surface area (Å²) in [5.41, 5.74) is 1.08. The van der Waals surface area contributed by atoms with Gasteiger partial charge in [-0.15, -0.1) is 12.4 Å². The van der Waals surface area contributed by atoms with Crippen molar-refractivity contribution in [3.05, 3.63) is 33.8 Å². The fourth-order valence-electron chi connectivity index (χ4n) is 1.40. The van der Waals surface area contributed by atoms with Crippen molar-refractivity contribution in [2.24, 2.45) is 0 Å². The van der Waals surface area contributed by atoms with Crippen molar-refractivity contribution in [1.82, 2.24) is 5.32 Å². The summed E-state index contributed by atoms with van der Waals surface area (Å²) in [6, 6.07) is 7.65. The molecule has 0 amide bonds. The van der Waals surface area contributed by atoms with Crippen molar-refractivity contribution in [2.45, 2.75) is 25.8 Å². The molecule has 0 aromatic heterocycles. The molecule has 0 aliphatic rings. The van der Waals surface area contributed by atoms with Crippen LogP contribution in [0, 0.1) is 11.3 Å². The third-order valence-corrected chi connectivity index (χ3v) is 2.58. The number of rotatable bonds is 6. The molecule has 0 radical (unpaired) electrons. The number of nitrogens with zero attached hydrogens (tertiary/aromatic N) is 1. The minimum absolute atomic E-state index is 0. The minimum atomic E-state index is 0. The van der Waals surface area contributed by atoms with Crippen molar-refractivity contribution in [2.75, 3.05) is 6.54 Å². The van der Waals surface area contributed by atoms with Crippen LogP contribution >= 0.6 is 35.6 Å². The molecule has 2 nitrogen and oxygen atoms in total. The van der Waals surface area contributed by atoms with Gasteiger partial charge in [0.25, 0.3) is 0 Å². The highest BCUT2D eigenvalue weighted by Crippen LogP contribution is 2.18. The van der Waals surface area contributed by atoms with E-state index in [9.17, 15) is 0 Å². The lowest BCUT2D eigenvalue weighted by molar-refractivity contribution is 0.629. The maximum Gasteiger partial charge on any atom is 0.0621 e. The van der Waals surface area contributed by atoms with Crippen LogP contribution in [0.1, 0.15) is 24.8 Å². The SMILES string of the molecule is Cl.N#CCCCCNCc1cc(Cl)cc(Cl)c1. The minimum Gasteiger partial charge on any atom is -0.313 e. The second-order valence-corrected chi connectivity index (χ2v) is 4.44. The molecule has 0 aliphatic heterocycles. The number of nitrogens with one attached hydrogen (secondary N) is 1. The summed E-state index contributed by atoms with van der Waals surface area (Å²) >= 11 is 11.8. The Hall–Kier alpha value is -0.460. The van der Waals surface area contributed by atoms with Gasteiger partial charge in [0.1, 0.15) is 0 Å². The first-order valence-electron chi connectivity index (χ1n) is 5.25. The lowest BCUT2D eigenvalue weighted by Gasteiger charge is -2.05. The molecule has 5 heteroatoms. The van der Waals surface area contributed by atoms with Gasteiger partial charge in [0.05, 0.1) is 6.07 Å². The molecule has 0 bridgehead atoms. The number of hydrogen-bond donors (Lipinski definition) is 1. The van der Waals surface area contributed by atoms with E-state index < -0.39 is 0 Å². The van der Waals surface area contributed by atoms with Gasteiger partial charge in [0, 0.05) is 23.0 Å². The maximum absolute atomic E-state index is 8.36. The van der Waals surface area contributed by atoms with Gasteiger partial charge in [-0.1, -0.05) is 23.2 Å². The summed E-state index contributed by atoms with van der Waals surface area (Å²) in [5, 5.41) is 13.0. The molecular formula is C12H15Cl3N2. The average molecular weight is 294 g/mol. The molecule has 1 aromatic carbocycles. The normalized spacial score (nSPS) is 9.47. The van der Waals surface area contributed by atoms with Crippen molar-refractivity contribution < 1.29 is 0 Å². The Morgan fingerprint density at radius 3 is 2.35 bits per heavy atom. The van der Waals surface area contributed by atoms with Gasteiger partial charge in [-0.25, -0.2) is 0 Å². The molecule has 1 N–H and O–H groups in total. The van der Waals surface area contributed by atoms with Gasteiger partial charge < -0.3 is 5.32 Å². The first-order chi connectivity index (χ1) is 7.72. The highest BCUT2D eigenvalue weighted by Gasteiger charge is 1.97. The van der Waals surface area contributed by atoms with Crippen LogP contribution in [0.15, 0.2) is 18.2 Å². The number of unbranched alkanes of at least 4 members (excludes halogenated alkanes) is 2. The molecule has 0 unspecified atom stereocenters. The quantitative estimate of drug-likeness (QED) is 0.798. The fraction of sp³-hybridized carbons (Fsp3) is 0.417. The Balaban J connectivity index is 0.00000256. The van der Waals surface area contributed by atoms with E-state index >= 15 is 0 Å². The zero-order chi connectivity index (χ0) is 11.8. The highest BCUT2D eigenvalue weighted by molar-refractivity contribution is 6.34. The second-order valence-electron chi connectivity index (χ2n) is 3.57. The standard InChI is InChI=1S/C12H14Cl2N2.ClH/c13-11-6-10(7-12(14)8-11)9-16-5-3-1-2-4-15;/h6-8,16H,1-3,5,9H2;1H. The van der Waals surface area contributed by atoms with Crippen molar-refractivity contribution in [1.29, 1.82) is 5.26 Å². The Labute approximate surface area is 118 Å². The number of halogens is 3. The van der Waals surface area contributed by atoms with E-state index in [0.29, 0.717) is 16.5 Å². The Morgan fingerprint density at radius 1 is 1.12 bits per heavy atom. The third kappa shape index (κ3) is 7.46. The van der Waals surface area contributed by atoms with Crippen molar-refractivity contribution >= 4 is 35.6 Å². The van der Waals surface area contributed by atoms with Crippen molar-refractivity contribution in [3.63, 3.8) is 0 Å². The molecule has 1 rings (SSSR count). The molecule has 17 heavy (non-hydrogen) atoms. The predicted octanol–water partition coefficient (Wildman–Crippen LogP) is 4.20. The lowest BCUT2D eigenvalue weighted by Crippen LogP contribution is -2.14. The Morgan fingerprint density at radius 2 is 1.76 bits per heavy atom. The van der Waals surface area contributed by atoms with Gasteiger partial charge in [-0.05, 0) is 43.1 Å². The summed E-state index contributed by atoms with van der Waals surface area (Å²) in [5.74, 6) is 0. The fourth-order valence-corrected chi connectivity index (χ4v) is 1.97. The van der Waals surface area contributed by atoms with E-state index in [-0.39, 0.29) is 12.4 Å². The lowest BCUT2D eigenvalue weighted by atomic mass is 10.2. The van der Waals surface area contributed by atoms with E-state index in [2.05, 4.69) is 11.4 Å². The summed E-state index contributed by atoms with van der Waals surface area (Å²) in [4.78, 5) is 0. The smallest absolute Gasteiger partial charge is 0.0621 e. The summed E-state index contributed by atoms with van der Waals surface area (Å²) in [6.07, 6.45) is 2.59. The van der Waals surface area contributed by atoms with Crippen LogP contribution in [-0.4, -0.2) is 6.54 Å². The molecular weight excluding hydrogens is 279 g/mol. The zero-order valence-corrected chi connectivity index (χ0v) is 11.7. The van der Waals surface area contributed by atoms with Crippen LogP contribution in [-0.2, 0) is 6.54 Å². The molecule has 0 saturated carbocycles. The van der Waals surface area contributed by atoms with E-state index in [0.717, 1.165) is 31.5 Å². The van der Waals surface area contributed by atoms with E-state index in [1.54, 1.807) is 6.07 Å². The largest absolute Gasteiger partial charge is 0.313 e. The molecule has 0 atom stereocenters. The summed E-state index contributed by atoms with van der Waals surface area (Å²) in [6.45, 7) is 1.67. The molecule has 0 spiro atoms. The topological polar surface area (TPSA) is 35.8 Å². The Kier molecular flexibility index (Phi) is 9.30. The van der Waals surface area contributed by atoms with Gasteiger partial charge in [0.15, 0.2) is 0 Å². The van der Waals surface area contributed by atoms with Crippen LogP contribution in [0.2, 0.25) is 10.0 Å². The van der Waals surface area contributed by atoms with Gasteiger partial charge in [0.2, 0.25) is 0 Å². The van der Waals surface area contributed by atoms with Crippen molar-refractivity contribution in [3.8, 4) is 6.07 Å². The van der Waals surface area contributed by atoms with E-state index in [4.69, 9.17) is 28.5 Å². The summed E-state index contributed by atoms with van der Waals surface area (Å²) in [7, 11) is 0. The second kappa shape index (κ2) is 9.56. The van der Waals surface area contributed by atoms with Crippen LogP contribution in [0.3, 0.4) is 0 Å². The maximum atomic E-state index is 8.36. The predicted molar refractivity (Wildman–Crippen MR) is 74.9 cm³/mol. The first kappa shape index (κ1) is 16.5. The van der Waals surface area contributed by atoms with Crippen LogP contribution in [0.25, 0.3) is 0 Å². The van der Waals surface area contributed by atoms with Gasteiger partial charge in [-0.3, -0.25) is 0 Å².